The Balaban J connectivity index is 1.48. The molecular weight excluding hydrogens is 546 g/mol. The summed E-state index contributed by atoms with van der Waals surface area (Å²) in [7, 11) is 0. The highest BCUT2D eigenvalue weighted by Crippen LogP contribution is 2.34. The second-order valence-electron chi connectivity index (χ2n) is 9.15. The van der Waals surface area contributed by atoms with Gasteiger partial charge in [0, 0.05) is 35.3 Å². The molecule has 0 radical (unpaired) electrons. The maximum Gasteiger partial charge on any atom is 0.183 e. The Hall–Kier alpha value is -4.84. The van der Waals surface area contributed by atoms with Crippen LogP contribution in [-0.4, -0.2) is 41.3 Å². The monoisotopic (exact) mass is 570 g/mol. The van der Waals surface area contributed by atoms with E-state index >= 15 is 0 Å². The molecule has 41 heavy (non-hydrogen) atoms. The molecule has 4 heterocycles. The van der Waals surface area contributed by atoms with Crippen LogP contribution >= 0.6 is 11.3 Å². The minimum Gasteiger partial charge on any atom is -0.494 e. The lowest BCUT2D eigenvalue weighted by Crippen LogP contribution is -2.07. The predicted octanol–water partition coefficient (Wildman–Crippen LogP) is 6.49. The smallest absolute Gasteiger partial charge is 0.183 e. The van der Waals surface area contributed by atoms with Crippen LogP contribution in [0, 0.1) is 25.5 Å². The van der Waals surface area contributed by atoms with Gasteiger partial charge in [0.25, 0.3) is 0 Å². The van der Waals surface area contributed by atoms with Crippen molar-refractivity contribution >= 4 is 33.9 Å². The van der Waals surface area contributed by atoms with E-state index in [0.717, 1.165) is 21.0 Å². The molecule has 206 valence electrons. The van der Waals surface area contributed by atoms with E-state index in [2.05, 4.69) is 20.3 Å². The normalized spacial score (nSPS) is 11.2. The van der Waals surface area contributed by atoms with Gasteiger partial charge in [-0.3, -0.25) is 4.68 Å². The first-order chi connectivity index (χ1) is 19.9. The van der Waals surface area contributed by atoms with E-state index in [4.69, 9.17) is 19.8 Å². The zero-order valence-electron chi connectivity index (χ0n) is 22.4. The molecule has 2 aromatic carbocycles. The highest BCUT2D eigenvalue weighted by atomic mass is 32.1. The van der Waals surface area contributed by atoms with Gasteiger partial charge >= 0.3 is 0 Å². The van der Waals surface area contributed by atoms with Crippen molar-refractivity contribution in [3.8, 4) is 27.8 Å². The fraction of sp³-hybridized carbons (Fsp3) is 0.172. The lowest BCUT2D eigenvalue weighted by atomic mass is 10.1. The molecule has 0 saturated heterocycles. The zero-order chi connectivity index (χ0) is 28.5. The molecule has 0 saturated carbocycles. The molecule has 0 spiro atoms. The molecule has 0 fully saturated rings. The van der Waals surface area contributed by atoms with Crippen LogP contribution in [0.25, 0.3) is 33.0 Å². The molecule has 9 nitrogen and oxygen atoms in total. The van der Waals surface area contributed by atoms with Gasteiger partial charge in [-0.05, 0) is 32.9 Å². The van der Waals surface area contributed by atoms with Crippen molar-refractivity contribution in [2.75, 3.05) is 11.9 Å². The summed E-state index contributed by atoms with van der Waals surface area (Å²) < 4.78 is 36.8. The molecule has 0 aliphatic rings. The number of nitrogens with zero attached hydrogens (tertiary/aromatic N) is 7. The number of aromatic nitrogens is 7. The van der Waals surface area contributed by atoms with Crippen LogP contribution in [0.15, 0.2) is 61.1 Å². The highest BCUT2D eigenvalue weighted by Gasteiger charge is 2.21. The van der Waals surface area contributed by atoms with Crippen LogP contribution in [0.2, 0.25) is 0 Å². The van der Waals surface area contributed by atoms with Crippen LogP contribution in [0.1, 0.15) is 23.2 Å². The third-order valence-corrected chi connectivity index (χ3v) is 7.40. The summed E-state index contributed by atoms with van der Waals surface area (Å²) in [6.07, 6.45) is 3.07. The van der Waals surface area contributed by atoms with Crippen molar-refractivity contribution in [3.05, 3.63) is 89.0 Å². The van der Waals surface area contributed by atoms with Crippen LogP contribution in [0.5, 0.6) is 5.75 Å². The van der Waals surface area contributed by atoms with Gasteiger partial charge in [-0.1, -0.05) is 18.2 Å². The maximum absolute atomic E-state index is 15.0. The number of hydrogen-bond acceptors (Lipinski definition) is 9. The molecule has 0 aliphatic heterocycles. The quantitative estimate of drug-likeness (QED) is 0.221. The number of aryl methyl sites for hydroxylation is 2. The Kier molecular flexibility index (Phi) is 7.06. The molecule has 6 rings (SSSR count). The van der Waals surface area contributed by atoms with Crippen molar-refractivity contribution in [1.82, 2.24) is 34.7 Å². The first-order valence-electron chi connectivity index (χ1n) is 12.8. The fourth-order valence-corrected chi connectivity index (χ4v) is 5.42. The summed E-state index contributed by atoms with van der Waals surface area (Å²) in [5.41, 5.74) is 2.54. The van der Waals surface area contributed by atoms with Gasteiger partial charge in [-0.25, -0.2) is 33.7 Å². The number of anilines is 2. The van der Waals surface area contributed by atoms with Crippen molar-refractivity contribution in [1.29, 1.82) is 0 Å². The molecule has 0 unspecified atom stereocenters. The molecule has 1 N–H and O–H groups in total. The molecule has 6 aromatic rings. The summed E-state index contributed by atoms with van der Waals surface area (Å²) in [5.74, 6) is 0.119. The van der Waals surface area contributed by atoms with Crippen LogP contribution in [0.3, 0.4) is 0 Å². The van der Waals surface area contributed by atoms with Crippen molar-refractivity contribution in [2.24, 2.45) is 0 Å². The first kappa shape index (κ1) is 26.4. The number of nitrogens with one attached hydrogen (secondary N) is 1. The van der Waals surface area contributed by atoms with Crippen molar-refractivity contribution in [2.45, 2.75) is 27.3 Å². The number of halogens is 2. The molecule has 0 amide bonds. The van der Waals surface area contributed by atoms with Gasteiger partial charge in [0.2, 0.25) is 0 Å². The van der Waals surface area contributed by atoms with E-state index in [0.29, 0.717) is 41.0 Å². The Bertz CT molecular complexity index is 1850. The molecule has 12 heteroatoms. The minimum atomic E-state index is -0.708. The molecular formula is C29H24F2N8OS. The van der Waals surface area contributed by atoms with Gasteiger partial charge in [-0.15, -0.1) is 11.3 Å². The SMILES string of the molecule is CCOc1cc(F)c(Cn2nc(-c3nc(Nc4ccncn4)cc(-c4sc(C)nc4C)n3)c3ccccc32)c(F)c1. The number of benzene rings is 2. The highest BCUT2D eigenvalue weighted by molar-refractivity contribution is 7.15. The average Bonchev–Trinajstić information content (AvgIpc) is 3.50. The zero-order valence-corrected chi connectivity index (χ0v) is 23.2. The topological polar surface area (TPSA) is 104 Å². The van der Waals surface area contributed by atoms with E-state index in [1.807, 2.05) is 44.2 Å². The lowest BCUT2D eigenvalue weighted by molar-refractivity contribution is 0.335. The number of hydrogen-bond donors (Lipinski definition) is 1. The summed E-state index contributed by atoms with van der Waals surface area (Å²) in [6, 6.07) is 13.4. The van der Waals surface area contributed by atoms with E-state index in [1.54, 1.807) is 23.9 Å². The standard InChI is InChI=1S/C29H24F2N8OS/c1-4-40-18-11-21(30)20(22(31)12-18)14-39-24-8-6-5-7-19(24)27(38-39)29-35-23(28-16(2)34-17(3)41-28)13-26(37-29)36-25-9-10-32-15-33-25/h5-13,15H,4,14H2,1-3H3,(H,32,33,35,36,37). The van der Waals surface area contributed by atoms with Crippen LogP contribution in [-0.2, 0) is 6.54 Å². The lowest BCUT2D eigenvalue weighted by Gasteiger charge is -2.10. The molecule has 4 aromatic heterocycles. The average molecular weight is 571 g/mol. The number of rotatable bonds is 8. The third-order valence-electron chi connectivity index (χ3n) is 6.30. The maximum atomic E-state index is 15.0. The minimum absolute atomic E-state index is 0.121. The van der Waals surface area contributed by atoms with Gasteiger partial charge in [0.05, 0.1) is 39.9 Å². The van der Waals surface area contributed by atoms with E-state index < -0.39 is 11.6 Å². The molecule has 0 atom stereocenters. The molecule has 0 bridgehead atoms. The Labute approximate surface area is 238 Å². The Morgan fingerprint density at radius 2 is 1.78 bits per heavy atom. The third kappa shape index (κ3) is 5.33. The number of para-hydroxylation sites is 1. The number of ether oxygens (including phenoxy) is 1. The van der Waals surface area contributed by atoms with Gasteiger partial charge in [-0.2, -0.15) is 5.10 Å². The summed E-state index contributed by atoms with van der Waals surface area (Å²) in [5, 5.41) is 9.63. The van der Waals surface area contributed by atoms with E-state index in [9.17, 15) is 8.78 Å². The number of fused-ring (bicyclic) bond motifs is 1. The van der Waals surface area contributed by atoms with Crippen molar-refractivity contribution < 1.29 is 13.5 Å². The second kappa shape index (κ2) is 11.0. The van der Waals surface area contributed by atoms with Crippen LogP contribution < -0.4 is 10.1 Å². The fourth-order valence-electron chi connectivity index (χ4n) is 4.54. The number of thiazole rings is 1. The Morgan fingerprint density at radius 1 is 0.976 bits per heavy atom. The van der Waals surface area contributed by atoms with E-state index in [-0.39, 0.29) is 17.9 Å². The summed E-state index contributed by atoms with van der Waals surface area (Å²) in [4.78, 5) is 23.3. The Morgan fingerprint density at radius 3 is 2.49 bits per heavy atom. The van der Waals surface area contributed by atoms with Gasteiger partial charge < -0.3 is 10.1 Å². The largest absolute Gasteiger partial charge is 0.494 e. The first-order valence-corrected chi connectivity index (χ1v) is 13.6. The van der Waals surface area contributed by atoms with E-state index in [1.165, 1.54) is 29.8 Å². The summed E-state index contributed by atoms with van der Waals surface area (Å²) in [6.45, 7) is 5.80. The second-order valence-corrected chi connectivity index (χ2v) is 10.4. The van der Waals surface area contributed by atoms with Crippen LogP contribution in [0.4, 0.5) is 20.4 Å². The van der Waals surface area contributed by atoms with Crippen molar-refractivity contribution in [3.63, 3.8) is 0 Å². The summed E-state index contributed by atoms with van der Waals surface area (Å²) >= 11 is 1.53. The van der Waals surface area contributed by atoms with Gasteiger partial charge in [0.1, 0.15) is 41.0 Å². The predicted molar refractivity (Wildman–Crippen MR) is 153 cm³/mol. The molecule has 0 aliphatic carbocycles. The van der Waals surface area contributed by atoms with Gasteiger partial charge in [0.15, 0.2) is 5.82 Å².